The van der Waals surface area contributed by atoms with Crippen molar-refractivity contribution in [1.29, 1.82) is 0 Å². The van der Waals surface area contributed by atoms with E-state index in [4.69, 9.17) is 0 Å². The smallest absolute Gasteiger partial charge is 0.0148 e. The van der Waals surface area contributed by atoms with Gasteiger partial charge in [-0.3, -0.25) is 0 Å². The fourth-order valence-corrected chi connectivity index (χ4v) is 1.52. The Morgan fingerprint density at radius 2 is 1.86 bits per heavy atom. The molecule has 0 saturated carbocycles. The van der Waals surface area contributed by atoms with E-state index in [0.29, 0.717) is 0 Å². The van der Waals surface area contributed by atoms with Crippen LogP contribution in [0.4, 0.5) is 0 Å². The summed E-state index contributed by atoms with van der Waals surface area (Å²) >= 11 is 0. The van der Waals surface area contributed by atoms with Crippen LogP contribution in [0, 0.1) is 0 Å². The second-order valence-electron chi connectivity index (χ2n) is 3.30. The Labute approximate surface area is 84.6 Å². The molecule has 0 saturated heterocycles. The van der Waals surface area contributed by atoms with Crippen molar-refractivity contribution in [2.24, 2.45) is 0 Å². The Hall–Kier alpha value is -1.78. The van der Waals surface area contributed by atoms with Crippen molar-refractivity contribution in [2.45, 2.75) is 6.92 Å². The van der Waals surface area contributed by atoms with Gasteiger partial charge in [0.15, 0.2) is 0 Å². The Balaban J connectivity index is 2.50. The maximum Gasteiger partial charge on any atom is -0.0148 e. The summed E-state index contributed by atoms with van der Waals surface area (Å²) in [6.45, 7) is 2.11. The Morgan fingerprint density at radius 1 is 1.07 bits per heavy atom. The molecule has 68 valence electrons. The van der Waals surface area contributed by atoms with Crippen molar-refractivity contribution in [2.75, 3.05) is 0 Å². The first-order valence-corrected chi connectivity index (χ1v) is 4.73. The van der Waals surface area contributed by atoms with Gasteiger partial charge >= 0.3 is 0 Å². The fraction of sp³-hybridized carbons (Fsp3) is 0.0714. The van der Waals surface area contributed by atoms with Crippen LogP contribution in [0.1, 0.15) is 12.5 Å². The van der Waals surface area contributed by atoms with Gasteiger partial charge in [0.05, 0.1) is 0 Å². The first kappa shape index (κ1) is 8.80. The molecular weight excluding hydrogens is 168 g/mol. The summed E-state index contributed by atoms with van der Waals surface area (Å²) in [5, 5.41) is 0. The van der Waals surface area contributed by atoms with Gasteiger partial charge in [-0.15, -0.1) is 5.73 Å². The first-order valence-electron chi connectivity index (χ1n) is 4.73. The standard InChI is InChI=1S/C14H12/c1-12-8-4-2-7-11-14(12)13-9-5-3-6-10-13/h2-3,5-11H,1H3. The van der Waals surface area contributed by atoms with Crippen molar-refractivity contribution < 1.29 is 0 Å². The van der Waals surface area contributed by atoms with E-state index in [2.05, 4.69) is 43.0 Å². The highest BCUT2D eigenvalue weighted by molar-refractivity contribution is 5.78. The highest BCUT2D eigenvalue weighted by atomic mass is 14.0. The monoisotopic (exact) mass is 180 g/mol. The Kier molecular flexibility index (Phi) is 2.48. The van der Waals surface area contributed by atoms with Crippen molar-refractivity contribution in [1.82, 2.24) is 0 Å². The lowest BCUT2D eigenvalue weighted by atomic mass is 10.0. The van der Waals surface area contributed by atoms with Crippen LogP contribution >= 0.6 is 0 Å². The Bertz CT molecular complexity index is 438. The van der Waals surface area contributed by atoms with Gasteiger partial charge in [-0.05, 0) is 35.8 Å². The molecule has 1 aromatic rings. The van der Waals surface area contributed by atoms with Crippen molar-refractivity contribution in [3.05, 3.63) is 71.5 Å². The Morgan fingerprint density at radius 3 is 2.64 bits per heavy atom. The van der Waals surface area contributed by atoms with Gasteiger partial charge in [0.1, 0.15) is 0 Å². The largest absolute Gasteiger partial charge is 0.121 e. The molecule has 0 heterocycles. The van der Waals surface area contributed by atoms with E-state index in [1.54, 1.807) is 0 Å². The third-order valence-electron chi connectivity index (χ3n) is 2.26. The fourth-order valence-electron chi connectivity index (χ4n) is 1.52. The van der Waals surface area contributed by atoms with Crippen molar-refractivity contribution in [3.8, 4) is 0 Å². The van der Waals surface area contributed by atoms with Crippen LogP contribution in [0.15, 0.2) is 65.9 Å². The molecule has 0 fully saturated rings. The van der Waals surface area contributed by atoms with Gasteiger partial charge < -0.3 is 0 Å². The minimum Gasteiger partial charge on any atom is -0.121 e. The van der Waals surface area contributed by atoms with E-state index in [-0.39, 0.29) is 0 Å². The molecule has 0 aliphatic heterocycles. The number of allylic oxidation sites excluding steroid dienone is 5. The molecule has 0 radical (unpaired) electrons. The van der Waals surface area contributed by atoms with Crippen molar-refractivity contribution in [3.63, 3.8) is 0 Å². The maximum atomic E-state index is 3.10. The van der Waals surface area contributed by atoms with Crippen LogP contribution in [0.5, 0.6) is 0 Å². The van der Waals surface area contributed by atoms with Gasteiger partial charge in [-0.2, -0.15) is 0 Å². The molecule has 0 aromatic heterocycles. The lowest BCUT2D eigenvalue weighted by Crippen LogP contribution is -1.82. The van der Waals surface area contributed by atoms with Crippen LogP contribution in [-0.2, 0) is 0 Å². The summed E-state index contributed by atoms with van der Waals surface area (Å²) in [6, 6.07) is 10.4. The molecule has 0 spiro atoms. The van der Waals surface area contributed by atoms with Crippen LogP contribution in [0.2, 0.25) is 0 Å². The van der Waals surface area contributed by atoms with Gasteiger partial charge in [-0.25, -0.2) is 0 Å². The molecule has 0 nitrogen and oxygen atoms in total. The van der Waals surface area contributed by atoms with Gasteiger partial charge in [0.2, 0.25) is 0 Å². The minimum absolute atomic E-state index is 1.25. The topological polar surface area (TPSA) is 0 Å². The summed E-state index contributed by atoms with van der Waals surface area (Å²) in [4.78, 5) is 0. The zero-order valence-electron chi connectivity index (χ0n) is 8.20. The average Bonchev–Trinajstić information content (AvgIpc) is 2.44. The lowest BCUT2D eigenvalue weighted by molar-refractivity contribution is 1.51. The van der Waals surface area contributed by atoms with Crippen molar-refractivity contribution >= 4 is 5.57 Å². The predicted octanol–water partition coefficient (Wildman–Crippen LogP) is 3.74. The molecule has 2 rings (SSSR count). The van der Waals surface area contributed by atoms with E-state index in [1.807, 2.05) is 24.3 Å². The third kappa shape index (κ3) is 1.76. The molecule has 0 heteroatoms. The molecule has 0 unspecified atom stereocenters. The summed E-state index contributed by atoms with van der Waals surface area (Å²) in [6.07, 6.45) is 8.10. The summed E-state index contributed by atoms with van der Waals surface area (Å²) < 4.78 is 0. The number of benzene rings is 1. The molecule has 14 heavy (non-hydrogen) atoms. The minimum atomic E-state index is 1.25. The van der Waals surface area contributed by atoms with E-state index < -0.39 is 0 Å². The van der Waals surface area contributed by atoms with E-state index in [1.165, 1.54) is 16.7 Å². The van der Waals surface area contributed by atoms with Crippen LogP contribution < -0.4 is 0 Å². The summed E-state index contributed by atoms with van der Waals surface area (Å²) in [7, 11) is 0. The van der Waals surface area contributed by atoms with Crippen LogP contribution in [0.25, 0.3) is 5.57 Å². The normalized spacial score (nSPS) is 14.6. The quantitative estimate of drug-likeness (QED) is 0.577. The summed E-state index contributed by atoms with van der Waals surface area (Å²) in [5.74, 6) is 0. The average molecular weight is 180 g/mol. The predicted molar refractivity (Wildman–Crippen MR) is 60.8 cm³/mol. The molecule has 1 aromatic carbocycles. The molecular formula is C14H12. The highest BCUT2D eigenvalue weighted by Crippen LogP contribution is 2.21. The first-order chi connectivity index (χ1) is 6.88. The maximum absolute atomic E-state index is 3.10. The van der Waals surface area contributed by atoms with E-state index in [9.17, 15) is 0 Å². The van der Waals surface area contributed by atoms with E-state index in [0.717, 1.165) is 0 Å². The van der Waals surface area contributed by atoms with Crippen LogP contribution in [-0.4, -0.2) is 0 Å². The second kappa shape index (κ2) is 3.95. The van der Waals surface area contributed by atoms with Gasteiger partial charge in [-0.1, -0.05) is 42.5 Å². The zero-order valence-corrected chi connectivity index (χ0v) is 8.20. The molecule has 1 aliphatic carbocycles. The summed E-state index contributed by atoms with van der Waals surface area (Å²) in [5.41, 5.74) is 6.88. The lowest BCUT2D eigenvalue weighted by Gasteiger charge is -2.04. The van der Waals surface area contributed by atoms with E-state index >= 15 is 0 Å². The molecule has 1 aliphatic rings. The third-order valence-corrected chi connectivity index (χ3v) is 2.26. The number of hydrogen-bond acceptors (Lipinski definition) is 0. The van der Waals surface area contributed by atoms with Gasteiger partial charge in [0, 0.05) is 0 Å². The van der Waals surface area contributed by atoms with Crippen LogP contribution in [0.3, 0.4) is 0 Å². The molecule has 0 N–H and O–H groups in total. The van der Waals surface area contributed by atoms with Gasteiger partial charge in [0.25, 0.3) is 0 Å². The SMILES string of the molecule is CC1=C(c2ccccc2)C=CC=C=C1. The molecule has 0 atom stereocenters. The number of rotatable bonds is 1. The number of hydrogen-bond donors (Lipinski definition) is 0. The highest BCUT2D eigenvalue weighted by Gasteiger charge is 2.00. The zero-order chi connectivity index (χ0) is 9.80. The second-order valence-corrected chi connectivity index (χ2v) is 3.30. The molecule has 0 bridgehead atoms. The molecule has 0 amide bonds.